The minimum Gasteiger partial charge on any atom is -0.497 e. The van der Waals surface area contributed by atoms with Crippen molar-refractivity contribution in [2.75, 3.05) is 26.7 Å². The molecule has 146 valence electrons. The number of methoxy groups -OCH3 is 1. The average molecular weight is 380 g/mol. The van der Waals surface area contributed by atoms with Gasteiger partial charge in [-0.1, -0.05) is 17.7 Å². The lowest BCUT2D eigenvalue weighted by Gasteiger charge is -2.41. The normalized spacial score (nSPS) is 17.9. The van der Waals surface area contributed by atoms with E-state index in [0.29, 0.717) is 55.1 Å². The number of fused-ring (bicyclic) bond motifs is 1. The molecule has 0 unspecified atom stereocenters. The van der Waals surface area contributed by atoms with Gasteiger partial charge >= 0.3 is 0 Å². The van der Waals surface area contributed by atoms with Gasteiger partial charge in [-0.2, -0.15) is 0 Å². The number of carbonyl (C=O) groups excluding carboxylic acids is 2. The van der Waals surface area contributed by atoms with E-state index in [1.54, 1.807) is 19.2 Å². The zero-order chi connectivity index (χ0) is 19.7. The zero-order valence-corrected chi connectivity index (χ0v) is 16.2. The van der Waals surface area contributed by atoms with Crippen LogP contribution in [0, 0.1) is 6.92 Å². The van der Waals surface area contributed by atoms with Crippen molar-refractivity contribution >= 4 is 11.8 Å². The summed E-state index contributed by atoms with van der Waals surface area (Å²) in [5, 5.41) is 3.00. The molecule has 0 radical (unpaired) electrons. The van der Waals surface area contributed by atoms with Crippen LogP contribution in [0.3, 0.4) is 0 Å². The largest absolute Gasteiger partial charge is 0.497 e. The molecule has 2 aromatic carbocycles. The fourth-order valence-corrected chi connectivity index (χ4v) is 3.85. The first-order valence-corrected chi connectivity index (χ1v) is 9.51. The van der Waals surface area contributed by atoms with Crippen LogP contribution < -0.4 is 14.8 Å². The second kappa shape index (κ2) is 7.19. The number of benzene rings is 2. The molecule has 0 saturated carbocycles. The van der Waals surface area contributed by atoms with Gasteiger partial charge in [-0.05, 0) is 37.3 Å². The Labute approximate surface area is 164 Å². The Morgan fingerprint density at radius 1 is 1.18 bits per heavy atom. The van der Waals surface area contributed by atoms with Crippen LogP contribution in [0.2, 0.25) is 0 Å². The molecule has 1 spiro atoms. The van der Waals surface area contributed by atoms with Crippen LogP contribution in [-0.4, -0.2) is 49.1 Å². The monoisotopic (exact) mass is 380 g/mol. The Hall–Kier alpha value is -3.02. The number of hydrogen-bond donors (Lipinski definition) is 1. The van der Waals surface area contributed by atoms with Crippen LogP contribution in [0.5, 0.6) is 11.5 Å². The molecule has 0 aliphatic carbocycles. The van der Waals surface area contributed by atoms with Crippen LogP contribution in [0.25, 0.3) is 0 Å². The van der Waals surface area contributed by atoms with E-state index < -0.39 is 5.60 Å². The second-order valence-electron chi connectivity index (χ2n) is 7.49. The molecule has 28 heavy (non-hydrogen) atoms. The molecule has 2 aliphatic rings. The predicted octanol–water partition coefficient (Wildman–Crippen LogP) is 2.80. The summed E-state index contributed by atoms with van der Waals surface area (Å²) >= 11 is 0. The van der Waals surface area contributed by atoms with Gasteiger partial charge in [-0.25, -0.2) is 0 Å². The van der Waals surface area contributed by atoms with Crippen molar-refractivity contribution in [3.63, 3.8) is 0 Å². The number of hydrogen-bond acceptors (Lipinski definition) is 4. The van der Waals surface area contributed by atoms with Gasteiger partial charge in [0.25, 0.3) is 11.8 Å². The standard InChI is InChI=1S/C22H24N2O4/c1-15-6-7-19-18(12-15)20(25)23-14-22(28-19)8-10-24(11-9-22)21(26)16-4-3-5-17(13-16)27-2/h3-7,12-13H,8-11,14H2,1-2H3,(H,23,25). The summed E-state index contributed by atoms with van der Waals surface area (Å²) in [4.78, 5) is 27.1. The van der Waals surface area contributed by atoms with E-state index in [1.165, 1.54) is 0 Å². The number of amides is 2. The Kier molecular flexibility index (Phi) is 4.71. The molecule has 4 rings (SSSR count). The third-order valence-corrected chi connectivity index (χ3v) is 5.56. The number of ether oxygens (including phenoxy) is 2. The lowest BCUT2D eigenvalue weighted by atomic mass is 9.90. The first-order valence-electron chi connectivity index (χ1n) is 9.51. The van der Waals surface area contributed by atoms with Crippen molar-refractivity contribution in [3.05, 3.63) is 59.2 Å². The van der Waals surface area contributed by atoms with Gasteiger partial charge in [0, 0.05) is 31.5 Å². The van der Waals surface area contributed by atoms with Crippen molar-refractivity contribution in [1.29, 1.82) is 0 Å². The molecule has 1 fully saturated rings. The van der Waals surface area contributed by atoms with Crippen LogP contribution in [0.1, 0.15) is 39.1 Å². The molecular formula is C22H24N2O4. The lowest BCUT2D eigenvalue weighted by molar-refractivity contribution is 0.00770. The van der Waals surface area contributed by atoms with Crippen molar-refractivity contribution in [1.82, 2.24) is 10.2 Å². The number of piperidine rings is 1. The van der Waals surface area contributed by atoms with E-state index in [-0.39, 0.29) is 11.8 Å². The Bertz CT molecular complexity index is 917. The SMILES string of the molecule is COc1cccc(C(=O)N2CCC3(CC2)CNC(=O)c2cc(C)ccc2O3)c1. The van der Waals surface area contributed by atoms with Gasteiger partial charge in [0.2, 0.25) is 0 Å². The van der Waals surface area contributed by atoms with Crippen molar-refractivity contribution < 1.29 is 19.1 Å². The maximum Gasteiger partial charge on any atom is 0.255 e. The molecule has 1 saturated heterocycles. The second-order valence-corrected chi connectivity index (χ2v) is 7.49. The highest BCUT2D eigenvalue weighted by Gasteiger charge is 2.41. The molecule has 2 aliphatic heterocycles. The minimum atomic E-state index is -0.485. The van der Waals surface area contributed by atoms with E-state index in [4.69, 9.17) is 9.47 Å². The molecule has 0 aromatic heterocycles. The van der Waals surface area contributed by atoms with E-state index >= 15 is 0 Å². The highest BCUT2D eigenvalue weighted by Crippen LogP contribution is 2.33. The van der Waals surface area contributed by atoms with Crippen LogP contribution >= 0.6 is 0 Å². The van der Waals surface area contributed by atoms with Gasteiger partial charge in [0.1, 0.15) is 17.1 Å². The summed E-state index contributed by atoms with van der Waals surface area (Å²) in [6.45, 7) is 3.55. The number of nitrogens with one attached hydrogen (secondary N) is 1. The fraction of sp³-hybridized carbons (Fsp3) is 0.364. The molecule has 6 nitrogen and oxygen atoms in total. The smallest absolute Gasteiger partial charge is 0.255 e. The highest BCUT2D eigenvalue weighted by atomic mass is 16.5. The summed E-state index contributed by atoms with van der Waals surface area (Å²) in [6, 6.07) is 12.9. The third kappa shape index (κ3) is 3.42. The number of nitrogens with zero attached hydrogens (tertiary/aromatic N) is 1. The molecule has 2 heterocycles. The minimum absolute atomic E-state index is 0.0116. The molecule has 2 aromatic rings. The van der Waals surface area contributed by atoms with Crippen LogP contribution in [0.15, 0.2) is 42.5 Å². The Morgan fingerprint density at radius 2 is 1.96 bits per heavy atom. The van der Waals surface area contributed by atoms with E-state index in [0.717, 1.165) is 5.56 Å². The van der Waals surface area contributed by atoms with Crippen molar-refractivity contribution in [2.45, 2.75) is 25.4 Å². The summed E-state index contributed by atoms with van der Waals surface area (Å²) in [5.41, 5.74) is 1.73. The van der Waals surface area contributed by atoms with Gasteiger partial charge in [0.15, 0.2) is 0 Å². The van der Waals surface area contributed by atoms with Crippen LogP contribution in [0.4, 0.5) is 0 Å². The maximum absolute atomic E-state index is 12.9. The number of carbonyl (C=O) groups is 2. The predicted molar refractivity (Wildman–Crippen MR) is 105 cm³/mol. The first kappa shape index (κ1) is 18.3. The molecule has 1 N–H and O–H groups in total. The Balaban J connectivity index is 1.49. The first-order chi connectivity index (χ1) is 13.5. The summed E-state index contributed by atoms with van der Waals surface area (Å²) in [7, 11) is 1.59. The molecule has 2 amide bonds. The lowest BCUT2D eigenvalue weighted by Crippen LogP contribution is -2.54. The van der Waals surface area contributed by atoms with Gasteiger partial charge in [0.05, 0.1) is 19.2 Å². The summed E-state index contributed by atoms with van der Waals surface area (Å²) in [5.74, 6) is 1.17. The third-order valence-electron chi connectivity index (χ3n) is 5.56. The van der Waals surface area contributed by atoms with Gasteiger partial charge < -0.3 is 19.7 Å². The number of rotatable bonds is 2. The van der Waals surface area contributed by atoms with Crippen molar-refractivity contribution in [2.24, 2.45) is 0 Å². The van der Waals surface area contributed by atoms with Gasteiger partial charge in [-0.15, -0.1) is 0 Å². The molecular weight excluding hydrogens is 356 g/mol. The average Bonchev–Trinajstić information content (AvgIpc) is 2.85. The summed E-state index contributed by atoms with van der Waals surface area (Å²) in [6.07, 6.45) is 1.33. The molecule has 6 heteroatoms. The van der Waals surface area contributed by atoms with E-state index in [2.05, 4.69) is 5.32 Å². The topological polar surface area (TPSA) is 67.9 Å². The molecule has 0 bridgehead atoms. The van der Waals surface area contributed by atoms with Crippen LogP contribution in [-0.2, 0) is 0 Å². The maximum atomic E-state index is 12.9. The fourth-order valence-electron chi connectivity index (χ4n) is 3.85. The van der Waals surface area contributed by atoms with E-state index in [9.17, 15) is 9.59 Å². The number of likely N-dealkylation sites (tertiary alicyclic amines) is 1. The highest BCUT2D eigenvalue weighted by molar-refractivity contribution is 5.97. The molecule has 0 atom stereocenters. The summed E-state index contributed by atoms with van der Waals surface area (Å²) < 4.78 is 11.6. The number of aryl methyl sites for hydroxylation is 1. The zero-order valence-electron chi connectivity index (χ0n) is 16.2. The van der Waals surface area contributed by atoms with E-state index in [1.807, 2.05) is 42.2 Å². The Morgan fingerprint density at radius 3 is 2.71 bits per heavy atom. The van der Waals surface area contributed by atoms with Crippen molar-refractivity contribution in [3.8, 4) is 11.5 Å². The van der Waals surface area contributed by atoms with Gasteiger partial charge in [-0.3, -0.25) is 9.59 Å². The quantitative estimate of drug-likeness (QED) is 0.870.